The van der Waals surface area contributed by atoms with E-state index in [0.29, 0.717) is 5.75 Å². The second-order valence-corrected chi connectivity index (χ2v) is 4.37. The molecule has 1 aromatic heterocycles. The van der Waals surface area contributed by atoms with E-state index in [0.717, 1.165) is 29.9 Å². The molecule has 0 spiro atoms. The van der Waals surface area contributed by atoms with E-state index in [1.807, 2.05) is 41.9 Å². The molecule has 19 heavy (non-hydrogen) atoms. The van der Waals surface area contributed by atoms with Crippen molar-refractivity contribution in [2.45, 2.75) is 32.9 Å². The fourth-order valence-electron chi connectivity index (χ4n) is 2.18. The summed E-state index contributed by atoms with van der Waals surface area (Å²) in [4.78, 5) is 0. The van der Waals surface area contributed by atoms with Crippen molar-refractivity contribution in [3.63, 3.8) is 0 Å². The molecular weight excluding hydrogens is 240 g/mol. The lowest BCUT2D eigenvalue weighted by atomic mass is 10.0. The molecule has 0 saturated heterocycles. The highest BCUT2D eigenvalue weighted by Crippen LogP contribution is 2.30. The summed E-state index contributed by atoms with van der Waals surface area (Å²) in [5.41, 5.74) is 2.57. The first kappa shape index (κ1) is 13.6. The van der Waals surface area contributed by atoms with Gasteiger partial charge >= 0.3 is 0 Å². The molecule has 0 amide bonds. The predicted octanol–water partition coefficient (Wildman–Crippen LogP) is 2.56. The molecule has 1 unspecified atom stereocenters. The van der Waals surface area contributed by atoms with Gasteiger partial charge in [-0.3, -0.25) is 4.68 Å². The molecule has 102 valence electrons. The molecule has 1 heterocycles. The van der Waals surface area contributed by atoms with Gasteiger partial charge in [0.05, 0.1) is 18.5 Å². The van der Waals surface area contributed by atoms with Gasteiger partial charge in [0.25, 0.3) is 0 Å². The van der Waals surface area contributed by atoms with E-state index in [4.69, 9.17) is 4.74 Å². The van der Waals surface area contributed by atoms with Crippen LogP contribution in [-0.2, 0) is 13.0 Å². The number of nitrogens with zero attached hydrogens (tertiary/aromatic N) is 2. The van der Waals surface area contributed by atoms with Crippen molar-refractivity contribution in [3.8, 4) is 5.75 Å². The number of aryl methyl sites for hydroxylation is 2. The van der Waals surface area contributed by atoms with E-state index in [1.165, 1.54) is 0 Å². The minimum atomic E-state index is -0.719. The Hall–Kier alpha value is -1.81. The minimum Gasteiger partial charge on any atom is -0.496 e. The molecule has 0 aliphatic carbocycles. The van der Waals surface area contributed by atoms with E-state index in [9.17, 15) is 5.11 Å². The summed E-state index contributed by atoms with van der Waals surface area (Å²) in [6, 6.07) is 9.48. The average Bonchev–Trinajstić information content (AvgIpc) is 2.89. The molecule has 0 aliphatic heterocycles. The highest BCUT2D eigenvalue weighted by molar-refractivity contribution is 5.39. The largest absolute Gasteiger partial charge is 0.496 e. The molecule has 2 rings (SSSR count). The summed E-state index contributed by atoms with van der Waals surface area (Å²) in [5, 5.41) is 15.0. The van der Waals surface area contributed by atoms with Crippen molar-refractivity contribution in [1.82, 2.24) is 9.78 Å². The summed E-state index contributed by atoms with van der Waals surface area (Å²) in [5.74, 6) is 0.692. The van der Waals surface area contributed by atoms with Gasteiger partial charge in [-0.1, -0.05) is 25.1 Å². The smallest absolute Gasteiger partial charge is 0.125 e. The number of ether oxygens (including phenoxy) is 1. The van der Waals surface area contributed by atoms with Gasteiger partial charge in [-0.2, -0.15) is 5.10 Å². The van der Waals surface area contributed by atoms with Crippen LogP contribution in [0.4, 0.5) is 0 Å². The van der Waals surface area contributed by atoms with Gasteiger partial charge in [-0.05, 0) is 25.5 Å². The Bertz CT molecular complexity index is 549. The van der Waals surface area contributed by atoms with E-state index >= 15 is 0 Å². The Labute approximate surface area is 113 Å². The molecule has 0 bridgehead atoms. The molecule has 0 aliphatic rings. The Balaban J connectivity index is 2.43. The molecule has 1 aromatic carbocycles. The summed E-state index contributed by atoms with van der Waals surface area (Å²) < 4.78 is 7.15. The van der Waals surface area contributed by atoms with Crippen LogP contribution in [0.3, 0.4) is 0 Å². The van der Waals surface area contributed by atoms with Crippen molar-refractivity contribution < 1.29 is 9.84 Å². The van der Waals surface area contributed by atoms with Crippen LogP contribution >= 0.6 is 0 Å². The summed E-state index contributed by atoms with van der Waals surface area (Å²) in [7, 11) is 1.61. The first-order chi connectivity index (χ1) is 9.21. The van der Waals surface area contributed by atoms with Gasteiger partial charge < -0.3 is 9.84 Å². The van der Waals surface area contributed by atoms with E-state index in [-0.39, 0.29) is 0 Å². The Morgan fingerprint density at radius 1 is 1.32 bits per heavy atom. The van der Waals surface area contributed by atoms with Crippen LogP contribution in [0.25, 0.3) is 0 Å². The van der Waals surface area contributed by atoms with Gasteiger partial charge in [-0.15, -0.1) is 0 Å². The lowest BCUT2D eigenvalue weighted by Crippen LogP contribution is -2.10. The Morgan fingerprint density at radius 2 is 2.05 bits per heavy atom. The lowest BCUT2D eigenvalue weighted by molar-refractivity contribution is 0.203. The van der Waals surface area contributed by atoms with Gasteiger partial charge in [0.2, 0.25) is 0 Å². The third-order valence-corrected chi connectivity index (χ3v) is 3.24. The van der Waals surface area contributed by atoms with E-state index in [2.05, 4.69) is 12.0 Å². The molecule has 0 saturated carbocycles. The van der Waals surface area contributed by atoms with Crippen molar-refractivity contribution in [1.29, 1.82) is 0 Å². The molecule has 1 atom stereocenters. The molecule has 0 radical (unpaired) electrons. The minimum absolute atomic E-state index is 0.692. The number of aliphatic hydroxyl groups excluding tert-OH is 1. The first-order valence-electron chi connectivity index (χ1n) is 6.58. The second kappa shape index (κ2) is 5.89. The van der Waals surface area contributed by atoms with Gasteiger partial charge in [0.15, 0.2) is 0 Å². The zero-order valence-electron chi connectivity index (χ0n) is 11.6. The van der Waals surface area contributed by atoms with Crippen LogP contribution in [0, 0.1) is 0 Å². The maximum absolute atomic E-state index is 10.6. The highest BCUT2D eigenvalue weighted by atomic mass is 16.5. The number of benzene rings is 1. The zero-order chi connectivity index (χ0) is 13.8. The summed E-state index contributed by atoms with van der Waals surface area (Å²) >= 11 is 0. The maximum Gasteiger partial charge on any atom is 0.125 e. The first-order valence-corrected chi connectivity index (χ1v) is 6.58. The normalized spacial score (nSPS) is 12.4. The van der Waals surface area contributed by atoms with Crippen molar-refractivity contribution in [2.75, 3.05) is 7.11 Å². The molecule has 2 aromatic rings. The SMILES string of the molecule is CCc1cc(C(O)c2ccccc2OC)n(CC)n1. The third kappa shape index (κ3) is 2.63. The van der Waals surface area contributed by atoms with Crippen molar-refractivity contribution in [3.05, 3.63) is 47.3 Å². The number of methoxy groups -OCH3 is 1. The van der Waals surface area contributed by atoms with Crippen LogP contribution in [0.2, 0.25) is 0 Å². The Morgan fingerprint density at radius 3 is 2.68 bits per heavy atom. The van der Waals surface area contributed by atoms with Crippen molar-refractivity contribution in [2.24, 2.45) is 0 Å². The number of rotatable bonds is 5. The van der Waals surface area contributed by atoms with Gasteiger partial charge in [0, 0.05) is 12.1 Å². The van der Waals surface area contributed by atoms with Crippen LogP contribution in [0.1, 0.15) is 36.9 Å². The summed E-state index contributed by atoms with van der Waals surface area (Å²) in [6.45, 7) is 4.81. The number of hydrogen-bond donors (Lipinski definition) is 1. The molecular formula is C15H20N2O2. The molecule has 4 nitrogen and oxygen atoms in total. The lowest BCUT2D eigenvalue weighted by Gasteiger charge is -2.15. The zero-order valence-corrected chi connectivity index (χ0v) is 11.6. The van der Waals surface area contributed by atoms with Crippen LogP contribution in [0.15, 0.2) is 30.3 Å². The predicted molar refractivity (Wildman–Crippen MR) is 74.3 cm³/mol. The van der Waals surface area contributed by atoms with Crippen molar-refractivity contribution >= 4 is 0 Å². The molecule has 1 N–H and O–H groups in total. The van der Waals surface area contributed by atoms with E-state index in [1.54, 1.807) is 7.11 Å². The quantitative estimate of drug-likeness (QED) is 0.898. The average molecular weight is 260 g/mol. The topological polar surface area (TPSA) is 47.3 Å². The monoisotopic (exact) mass is 260 g/mol. The Kier molecular flexibility index (Phi) is 4.22. The van der Waals surface area contributed by atoms with Crippen LogP contribution < -0.4 is 4.74 Å². The number of aromatic nitrogens is 2. The molecule has 4 heteroatoms. The van der Waals surface area contributed by atoms with Gasteiger partial charge in [-0.25, -0.2) is 0 Å². The van der Waals surface area contributed by atoms with Crippen LogP contribution in [-0.4, -0.2) is 22.0 Å². The standard InChI is InChI=1S/C15H20N2O2/c1-4-11-10-13(17(5-2)16-11)15(18)12-8-6-7-9-14(12)19-3/h6-10,15,18H,4-5H2,1-3H3. The van der Waals surface area contributed by atoms with Crippen LogP contribution in [0.5, 0.6) is 5.75 Å². The number of aliphatic hydroxyl groups is 1. The third-order valence-electron chi connectivity index (χ3n) is 3.24. The fraction of sp³-hybridized carbons (Fsp3) is 0.400. The van der Waals surface area contributed by atoms with E-state index < -0.39 is 6.10 Å². The summed E-state index contributed by atoms with van der Waals surface area (Å²) in [6.07, 6.45) is 0.141. The molecule has 0 fully saturated rings. The maximum atomic E-state index is 10.6. The second-order valence-electron chi connectivity index (χ2n) is 4.37. The fourth-order valence-corrected chi connectivity index (χ4v) is 2.18. The van der Waals surface area contributed by atoms with Gasteiger partial charge in [0.1, 0.15) is 11.9 Å². The highest BCUT2D eigenvalue weighted by Gasteiger charge is 2.19. The number of para-hydroxylation sites is 1. The number of hydrogen-bond acceptors (Lipinski definition) is 3.